The second-order valence-electron chi connectivity index (χ2n) is 5.05. The number of carbonyl (C=O) groups excluding carboxylic acids is 1. The molecule has 2 aliphatic heterocycles. The van der Waals surface area contributed by atoms with Crippen LogP contribution in [0.25, 0.3) is 0 Å². The first-order valence-electron chi connectivity index (χ1n) is 6.85. The Hall–Kier alpha value is -2.05. The van der Waals surface area contributed by atoms with Gasteiger partial charge in [-0.1, -0.05) is 0 Å². The average molecular weight is 277 g/mol. The Morgan fingerprint density at radius 2 is 2.25 bits per heavy atom. The summed E-state index contributed by atoms with van der Waals surface area (Å²) in [4.78, 5) is 24.4. The number of methoxy groups -OCH3 is 1. The minimum Gasteiger partial charge on any atom is -0.490 e. The molecule has 0 bridgehead atoms. The molecule has 2 fully saturated rings. The maximum absolute atomic E-state index is 11.7. The lowest BCUT2D eigenvalue weighted by Crippen LogP contribution is -2.51. The van der Waals surface area contributed by atoms with Crippen LogP contribution >= 0.6 is 0 Å². The zero-order chi connectivity index (χ0) is 14.1. The number of ether oxygens (including phenoxy) is 1. The number of carbonyl (C=O) groups is 1. The molecule has 20 heavy (non-hydrogen) atoms. The molecule has 7 nitrogen and oxygen atoms in total. The van der Waals surface area contributed by atoms with Crippen LogP contribution in [0, 0.1) is 0 Å². The van der Waals surface area contributed by atoms with Gasteiger partial charge in [-0.05, 0) is 6.42 Å². The summed E-state index contributed by atoms with van der Waals surface area (Å²) in [6, 6.07) is 0.300. The van der Waals surface area contributed by atoms with E-state index in [0.717, 1.165) is 31.9 Å². The molecule has 1 unspecified atom stereocenters. The van der Waals surface area contributed by atoms with Gasteiger partial charge in [-0.3, -0.25) is 4.79 Å². The molecule has 1 N–H and O–H groups in total. The fourth-order valence-corrected chi connectivity index (χ4v) is 3.01. The highest BCUT2D eigenvalue weighted by molar-refractivity contribution is 5.79. The molecule has 0 aliphatic carbocycles. The normalized spacial score (nSPS) is 21.9. The number of anilines is 2. The van der Waals surface area contributed by atoms with Gasteiger partial charge in [0.05, 0.1) is 7.11 Å². The van der Waals surface area contributed by atoms with Crippen LogP contribution in [0.4, 0.5) is 11.6 Å². The Balaban J connectivity index is 1.85. The van der Waals surface area contributed by atoms with Gasteiger partial charge in [0.15, 0.2) is 11.6 Å². The number of nitrogens with zero attached hydrogens (tertiary/aromatic N) is 4. The summed E-state index contributed by atoms with van der Waals surface area (Å²) in [5.41, 5.74) is 0. The minimum atomic E-state index is 0.278. The fourth-order valence-electron chi connectivity index (χ4n) is 3.01. The molecule has 1 aromatic rings. The topological polar surface area (TPSA) is 70.6 Å². The first-order chi connectivity index (χ1) is 9.74. The van der Waals surface area contributed by atoms with E-state index in [4.69, 9.17) is 4.74 Å². The van der Waals surface area contributed by atoms with Crippen LogP contribution in [0.1, 0.15) is 12.8 Å². The van der Waals surface area contributed by atoms with E-state index in [9.17, 15) is 4.79 Å². The predicted molar refractivity (Wildman–Crippen MR) is 75.1 cm³/mol. The van der Waals surface area contributed by atoms with E-state index in [-0.39, 0.29) is 5.91 Å². The third-order valence-electron chi connectivity index (χ3n) is 4.02. The Morgan fingerprint density at radius 1 is 1.40 bits per heavy atom. The lowest BCUT2D eigenvalue weighted by Gasteiger charge is -2.38. The fraction of sp³-hybridized carbons (Fsp3) is 0.615. The van der Waals surface area contributed by atoms with E-state index in [1.165, 1.54) is 6.33 Å². The summed E-state index contributed by atoms with van der Waals surface area (Å²) < 4.78 is 5.44. The molecule has 0 aromatic carbocycles. The second kappa shape index (κ2) is 5.15. The second-order valence-corrected chi connectivity index (χ2v) is 5.05. The largest absolute Gasteiger partial charge is 0.490 e. The first-order valence-corrected chi connectivity index (χ1v) is 6.85. The molecule has 2 aliphatic rings. The van der Waals surface area contributed by atoms with Crippen molar-refractivity contribution in [3.63, 3.8) is 0 Å². The molecule has 0 saturated carbocycles. The lowest BCUT2D eigenvalue weighted by atomic mass is 10.1. The molecule has 1 aromatic heterocycles. The summed E-state index contributed by atoms with van der Waals surface area (Å²) in [6.07, 6.45) is 3.14. The van der Waals surface area contributed by atoms with Gasteiger partial charge >= 0.3 is 0 Å². The van der Waals surface area contributed by atoms with Gasteiger partial charge in [0.2, 0.25) is 11.7 Å². The van der Waals surface area contributed by atoms with Crippen molar-refractivity contribution in [1.82, 2.24) is 14.9 Å². The predicted octanol–water partition coefficient (Wildman–Crippen LogP) is 0.338. The maximum Gasteiger partial charge on any atom is 0.223 e. The third kappa shape index (κ3) is 2.03. The van der Waals surface area contributed by atoms with Crippen molar-refractivity contribution in [2.75, 3.05) is 44.0 Å². The summed E-state index contributed by atoms with van der Waals surface area (Å²) in [5.74, 6) is 2.42. The molecule has 1 atom stereocenters. The molecule has 0 spiro atoms. The Morgan fingerprint density at radius 3 is 3.00 bits per heavy atom. The van der Waals surface area contributed by atoms with Gasteiger partial charge in [-0.15, -0.1) is 0 Å². The van der Waals surface area contributed by atoms with Gasteiger partial charge in [0, 0.05) is 39.1 Å². The zero-order valence-electron chi connectivity index (χ0n) is 11.8. The van der Waals surface area contributed by atoms with Crippen LogP contribution in [0.3, 0.4) is 0 Å². The van der Waals surface area contributed by atoms with Crippen molar-refractivity contribution in [2.24, 2.45) is 0 Å². The van der Waals surface area contributed by atoms with Crippen LogP contribution in [0.5, 0.6) is 5.75 Å². The molecule has 1 amide bonds. The first kappa shape index (κ1) is 13.0. The molecule has 3 heterocycles. The van der Waals surface area contributed by atoms with Crippen molar-refractivity contribution in [1.29, 1.82) is 0 Å². The molecule has 3 rings (SSSR count). The van der Waals surface area contributed by atoms with E-state index in [1.54, 1.807) is 7.11 Å². The van der Waals surface area contributed by atoms with E-state index >= 15 is 0 Å². The van der Waals surface area contributed by atoms with Gasteiger partial charge in [0.25, 0.3) is 0 Å². The van der Waals surface area contributed by atoms with E-state index in [1.807, 2.05) is 11.9 Å². The smallest absolute Gasteiger partial charge is 0.223 e. The molecule has 108 valence electrons. The van der Waals surface area contributed by atoms with Gasteiger partial charge in [0.1, 0.15) is 6.33 Å². The highest BCUT2D eigenvalue weighted by atomic mass is 16.5. The molecular weight excluding hydrogens is 258 g/mol. The van der Waals surface area contributed by atoms with Crippen LogP contribution in [0.2, 0.25) is 0 Å². The van der Waals surface area contributed by atoms with Crippen molar-refractivity contribution in [3.05, 3.63) is 6.33 Å². The van der Waals surface area contributed by atoms with Crippen LogP contribution in [0.15, 0.2) is 6.33 Å². The number of aromatic nitrogens is 2. The number of amides is 1. The Bertz CT molecular complexity index is 521. The average Bonchev–Trinajstić information content (AvgIpc) is 2.87. The third-order valence-corrected chi connectivity index (χ3v) is 4.02. The highest BCUT2D eigenvalue weighted by Crippen LogP contribution is 2.34. The molecular formula is C13H19N5O2. The monoisotopic (exact) mass is 277 g/mol. The van der Waals surface area contributed by atoms with Crippen molar-refractivity contribution in [2.45, 2.75) is 18.9 Å². The Labute approximate surface area is 117 Å². The summed E-state index contributed by atoms with van der Waals surface area (Å²) in [6.45, 7) is 2.34. The van der Waals surface area contributed by atoms with Crippen molar-refractivity contribution in [3.8, 4) is 5.75 Å². The van der Waals surface area contributed by atoms with Gasteiger partial charge in [-0.2, -0.15) is 0 Å². The highest BCUT2D eigenvalue weighted by Gasteiger charge is 2.36. The quantitative estimate of drug-likeness (QED) is 0.859. The molecule has 0 radical (unpaired) electrons. The summed E-state index contributed by atoms with van der Waals surface area (Å²) >= 11 is 0. The van der Waals surface area contributed by atoms with Crippen molar-refractivity contribution < 1.29 is 9.53 Å². The summed E-state index contributed by atoms with van der Waals surface area (Å²) in [7, 11) is 3.43. The minimum absolute atomic E-state index is 0.278. The van der Waals surface area contributed by atoms with Crippen molar-refractivity contribution >= 4 is 17.5 Å². The van der Waals surface area contributed by atoms with Gasteiger partial charge < -0.3 is 19.9 Å². The Kier molecular flexibility index (Phi) is 3.33. The zero-order valence-corrected chi connectivity index (χ0v) is 11.8. The number of nitrogens with one attached hydrogen (secondary N) is 1. The van der Waals surface area contributed by atoms with Crippen LogP contribution in [-0.4, -0.2) is 60.6 Å². The number of piperazine rings is 1. The van der Waals surface area contributed by atoms with Crippen LogP contribution < -0.4 is 15.0 Å². The number of hydrogen-bond acceptors (Lipinski definition) is 6. The van der Waals surface area contributed by atoms with Gasteiger partial charge in [-0.25, -0.2) is 9.97 Å². The summed E-state index contributed by atoms with van der Waals surface area (Å²) in [5, 5.41) is 3.01. The van der Waals surface area contributed by atoms with E-state index in [0.29, 0.717) is 24.0 Å². The maximum atomic E-state index is 11.7. The lowest BCUT2D eigenvalue weighted by molar-refractivity contribution is -0.129. The molecule has 2 saturated heterocycles. The number of rotatable bonds is 3. The SMILES string of the molecule is CNc1ncnc(N2CCN3C(=O)CCC3C2)c1OC. The number of hydrogen-bond donors (Lipinski definition) is 1. The molecule has 7 heteroatoms. The standard InChI is InChI=1S/C13H19N5O2/c1-14-12-11(20-2)13(16-8-15-12)17-5-6-18-9(7-17)3-4-10(18)19/h8-9H,3-7H2,1-2H3,(H,14,15,16). The van der Waals surface area contributed by atoms with E-state index < -0.39 is 0 Å². The van der Waals surface area contributed by atoms with E-state index in [2.05, 4.69) is 20.2 Å². The number of fused-ring (bicyclic) bond motifs is 1. The van der Waals surface area contributed by atoms with Crippen LogP contribution in [-0.2, 0) is 4.79 Å².